The lowest BCUT2D eigenvalue weighted by atomic mass is 10.5. The Morgan fingerprint density at radius 2 is 1.67 bits per heavy atom. The smallest absolute Gasteiger partial charge is 0.0267 e. The summed E-state index contributed by atoms with van der Waals surface area (Å²) >= 11 is 2.29. The largest absolute Gasteiger partial charge is 0.265 e. The molecule has 0 aliphatic carbocycles. The standard InChI is InChI=1S/C5H5N.C2H5I/c1-2-4-6-5-3-1;1-2-3/h1-5H;2H2,1H3. The van der Waals surface area contributed by atoms with Gasteiger partial charge in [-0.1, -0.05) is 35.6 Å². The minimum Gasteiger partial charge on any atom is -0.265 e. The molecule has 1 heterocycles. The maximum absolute atomic E-state index is 3.78. The van der Waals surface area contributed by atoms with Crippen LogP contribution >= 0.6 is 22.6 Å². The number of hydrogen-bond donors (Lipinski definition) is 0. The summed E-state index contributed by atoms with van der Waals surface area (Å²) in [5.74, 6) is 0. The van der Waals surface area contributed by atoms with E-state index in [2.05, 4.69) is 34.5 Å². The molecule has 1 rings (SSSR count). The van der Waals surface area contributed by atoms with Gasteiger partial charge in [0.1, 0.15) is 0 Å². The highest BCUT2D eigenvalue weighted by Crippen LogP contribution is 1.73. The van der Waals surface area contributed by atoms with Crippen LogP contribution in [-0.2, 0) is 0 Å². The zero-order valence-electron chi connectivity index (χ0n) is 5.42. The van der Waals surface area contributed by atoms with Gasteiger partial charge in [-0.2, -0.15) is 0 Å². The lowest BCUT2D eigenvalue weighted by molar-refractivity contribution is 1.33. The molecule has 0 saturated carbocycles. The van der Waals surface area contributed by atoms with Crippen molar-refractivity contribution in [2.75, 3.05) is 4.43 Å². The molecule has 0 aliphatic rings. The number of pyridine rings is 1. The van der Waals surface area contributed by atoms with Gasteiger partial charge in [0.05, 0.1) is 0 Å². The fourth-order valence-electron chi connectivity index (χ4n) is 0.313. The molecule has 0 N–H and O–H groups in total. The van der Waals surface area contributed by atoms with Gasteiger partial charge < -0.3 is 0 Å². The molecule has 0 saturated heterocycles. The van der Waals surface area contributed by atoms with Crippen LogP contribution in [0.15, 0.2) is 30.6 Å². The summed E-state index contributed by atoms with van der Waals surface area (Å²) in [4.78, 5) is 3.78. The lowest BCUT2D eigenvalue weighted by Gasteiger charge is -1.70. The molecule has 2 heteroatoms. The Morgan fingerprint density at radius 1 is 1.22 bits per heavy atom. The lowest BCUT2D eigenvalue weighted by Crippen LogP contribution is -1.58. The van der Waals surface area contributed by atoms with Crippen LogP contribution in [-0.4, -0.2) is 9.41 Å². The number of rotatable bonds is 0. The average molecular weight is 235 g/mol. The Labute approximate surface area is 69.6 Å². The second-order valence-electron chi connectivity index (χ2n) is 1.29. The van der Waals surface area contributed by atoms with Crippen LogP contribution in [0.3, 0.4) is 0 Å². The molecule has 0 unspecified atom stereocenters. The van der Waals surface area contributed by atoms with Crippen LogP contribution in [0.1, 0.15) is 6.92 Å². The van der Waals surface area contributed by atoms with Crippen molar-refractivity contribution in [3.05, 3.63) is 30.6 Å². The Hall–Kier alpha value is -0.120. The summed E-state index contributed by atoms with van der Waals surface area (Å²) in [5, 5.41) is 0. The van der Waals surface area contributed by atoms with Gasteiger partial charge in [-0.05, 0) is 16.6 Å². The van der Waals surface area contributed by atoms with Crippen molar-refractivity contribution in [1.82, 2.24) is 4.98 Å². The molecule has 0 radical (unpaired) electrons. The summed E-state index contributed by atoms with van der Waals surface area (Å²) in [5.41, 5.74) is 0. The van der Waals surface area contributed by atoms with E-state index < -0.39 is 0 Å². The van der Waals surface area contributed by atoms with Crippen molar-refractivity contribution in [3.8, 4) is 0 Å². The first-order chi connectivity index (χ1) is 4.41. The number of halogens is 1. The van der Waals surface area contributed by atoms with Crippen molar-refractivity contribution in [3.63, 3.8) is 0 Å². The SMILES string of the molecule is CCI.c1ccncc1. The van der Waals surface area contributed by atoms with E-state index in [-0.39, 0.29) is 0 Å². The minimum absolute atomic E-state index is 1.22. The fourth-order valence-corrected chi connectivity index (χ4v) is 0.313. The Morgan fingerprint density at radius 3 is 1.78 bits per heavy atom. The van der Waals surface area contributed by atoms with Crippen LogP contribution in [0, 0.1) is 0 Å². The van der Waals surface area contributed by atoms with Gasteiger partial charge in [0.15, 0.2) is 0 Å². The van der Waals surface area contributed by atoms with E-state index in [1.54, 1.807) is 12.4 Å². The molecule has 1 aromatic rings. The normalized spacial score (nSPS) is 7.33. The van der Waals surface area contributed by atoms with E-state index in [1.165, 1.54) is 4.43 Å². The molecular formula is C7H10IN. The summed E-state index contributed by atoms with van der Waals surface area (Å²) < 4.78 is 1.22. The van der Waals surface area contributed by atoms with Gasteiger partial charge in [0.2, 0.25) is 0 Å². The van der Waals surface area contributed by atoms with Crippen molar-refractivity contribution >= 4 is 22.6 Å². The highest BCUT2D eigenvalue weighted by Gasteiger charge is 1.58. The summed E-state index contributed by atoms with van der Waals surface area (Å²) in [6.45, 7) is 2.11. The minimum atomic E-state index is 1.22. The molecule has 1 nitrogen and oxygen atoms in total. The van der Waals surface area contributed by atoms with Crippen molar-refractivity contribution in [2.24, 2.45) is 0 Å². The van der Waals surface area contributed by atoms with Gasteiger partial charge in [0, 0.05) is 12.4 Å². The molecule has 0 bridgehead atoms. The maximum Gasteiger partial charge on any atom is 0.0267 e. The summed E-state index contributed by atoms with van der Waals surface area (Å²) in [6, 6.07) is 5.72. The predicted octanol–water partition coefficient (Wildman–Crippen LogP) is 2.52. The molecule has 1 aromatic heterocycles. The molecular weight excluding hydrogens is 225 g/mol. The first kappa shape index (κ1) is 8.88. The maximum atomic E-state index is 3.78. The third-order valence-corrected chi connectivity index (χ3v) is 0.566. The number of nitrogens with zero attached hydrogens (tertiary/aromatic N) is 1. The number of hydrogen-bond acceptors (Lipinski definition) is 1. The topological polar surface area (TPSA) is 12.9 Å². The molecule has 0 atom stereocenters. The highest BCUT2D eigenvalue weighted by atomic mass is 127. The van der Waals surface area contributed by atoms with Gasteiger partial charge in [-0.15, -0.1) is 0 Å². The molecule has 0 amide bonds. The molecule has 0 fully saturated rings. The zero-order chi connectivity index (χ0) is 6.95. The van der Waals surface area contributed by atoms with E-state index in [4.69, 9.17) is 0 Å². The van der Waals surface area contributed by atoms with Crippen LogP contribution in [0.25, 0.3) is 0 Å². The van der Waals surface area contributed by atoms with Crippen molar-refractivity contribution in [1.29, 1.82) is 0 Å². The third-order valence-electron chi connectivity index (χ3n) is 0.566. The monoisotopic (exact) mass is 235 g/mol. The quantitative estimate of drug-likeness (QED) is 0.497. The summed E-state index contributed by atoms with van der Waals surface area (Å²) in [7, 11) is 0. The fraction of sp³-hybridized carbons (Fsp3) is 0.286. The van der Waals surface area contributed by atoms with Crippen LogP contribution in [0.2, 0.25) is 0 Å². The molecule has 0 aromatic carbocycles. The van der Waals surface area contributed by atoms with E-state index in [0.717, 1.165) is 0 Å². The number of aromatic nitrogens is 1. The van der Waals surface area contributed by atoms with Crippen LogP contribution in [0.4, 0.5) is 0 Å². The summed E-state index contributed by atoms with van der Waals surface area (Å²) in [6.07, 6.45) is 3.50. The van der Waals surface area contributed by atoms with Gasteiger partial charge in [0.25, 0.3) is 0 Å². The van der Waals surface area contributed by atoms with E-state index in [1.807, 2.05) is 18.2 Å². The first-order valence-corrected chi connectivity index (χ1v) is 4.35. The highest BCUT2D eigenvalue weighted by molar-refractivity contribution is 14.1. The van der Waals surface area contributed by atoms with E-state index in [0.29, 0.717) is 0 Å². The number of alkyl halides is 1. The van der Waals surface area contributed by atoms with Gasteiger partial charge in [-0.25, -0.2) is 0 Å². The Balaban J connectivity index is 0.000000187. The van der Waals surface area contributed by atoms with Crippen LogP contribution in [0.5, 0.6) is 0 Å². The van der Waals surface area contributed by atoms with Gasteiger partial charge in [-0.3, -0.25) is 4.98 Å². The van der Waals surface area contributed by atoms with Crippen LogP contribution < -0.4 is 0 Å². The average Bonchev–Trinajstić information content (AvgIpc) is 1.93. The Bertz CT molecular complexity index is 91.8. The van der Waals surface area contributed by atoms with Gasteiger partial charge >= 0.3 is 0 Å². The second kappa shape index (κ2) is 7.88. The third kappa shape index (κ3) is 7.88. The zero-order valence-corrected chi connectivity index (χ0v) is 7.58. The van der Waals surface area contributed by atoms with E-state index in [9.17, 15) is 0 Å². The van der Waals surface area contributed by atoms with E-state index >= 15 is 0 Å². The predicted molar refractivity (Wildman–Crippen MR) is 48.8 cm³/mol. The molecule has 0 aliphatic heterocycles. The Kier molecular flexibility index (Phi) is 7.77. The first-order valence-electron chi connectivity index (χ1n) is 2.82. The van der Waals surface area contributed by atoms with Crippen molar-refractivity contribution in [2.45, 2.75) is 6.92 Å². The molecule has 50 valence electrons. The van der Waals surface area contributed by atoms with Crippen molar-refractivity contribution < 1.29 is 0 Å². The second-order valence-corrected chi connectivity index (χ2v) is 2.82. The molecule has 0 spiro atoms. The molecule has 9 heavy (non-hydrogen) atoms.